The van der Waals surface area contributed by atoms with E-state index in [-0.39, 0.29) is 43.4 Å². The Bertz CT molecular complexity index is 1390. The van der Waals surface area contributed by atoms with E-state index in [2.05, 4.69) is 10.3 Å². The minimum Gasteiger partial charge on any atom is -0.497 e. The van der Waals surface area contributed by atoms with Crippen molar-refractivity contribution in [3.8, 4) is 5.75 Å². The van der Waals surface area contributed by atoms with Gasteiger partial charge in [-0.15, -0.1) is 0 Å². The number of carbonyl (C=O) groups is 4. The minimum atomic E-state index is -1.42. The number of imide groups is 1. The van der Waals surface area contributed by atoms with Crippen molar-refractivity contribution in [1.29, 1.82) is 0 Å². The van der Waals surface area contributed by atoms with Gasteiger partial charge in [0.25, 0.3) is 5.91 Å². The number of carbonyl (C=O) groups excluding carboxylic acids is 4. The van der Waals surface area contributed by atoms with Crippen LogP contribution >= 0.6 is 0 Å². The number of benzene rings is 1. The Hall–Kier alpha value is -4.05. The molecule has 2 N–H and O–H groups in total. The van der Waals surface area contributed by atoms with Gasteiger partial charge in [-0.3, -0.25) is 24.5 Å². The van der Waals surface area contributed by atoms with Crippen molar-refractivity contribution in [3.05, 3.63) is 59.0 Å². The summed E-state index contributed by atoms with van der Waals surface area (Å²) < 4.78 is 11.2. The number of pyridine rings is 1. The van der Waals surface area contributed by atoms with Crippen molar-refractivity contribution in [2.75, 3.05) is 13.7 Å². The monoisotopic (exact) mass is 477 g/mol. The number of amides is 3. The quantitative estimate of drug-likeness (QED) is 0.485. The molecule has 0 spiro atoms. The second kappa shape index (κ2) is 8.31. The third-order valence-corrected chi connectivity index (χ3v) is 6.53. The summed E-state index contributed by atoms with van der Waals surface area (Å²) in [4.78, 5) is 56.4. The largest absolute Gasteiger partial charge is 0.497 e. The molecule has 35 heavy (non-hydrogen) atoms. The highest BCUT2D eigenvalue weighted by Gasteiger charge is 2.53. The molecule has 2 aliphatic heterocycles. The van der Waals surface area contributed by atoms with Crippen LogP contribution in [0.4, 0.5) is 0 Å². The van der Waals surface area contributed by atoms with E-state index in [4.69, 9.17) is 9.15 Å². The summed E-state index contributed by atoms with van der Waals surface area (Å²) in [6, 6.07) is 10.0. The second-order valence-corrected chi connectivity index (χ2v) is 8.94. The van der Waals surface area contributed by atoms with Crippen LogP contribution in [0.5, 0.6) is 5.75 Å². The third kappa shape index (κ3) is 3.85. The first kappa shape index (κ1) is 22.7. The van der Waals surface area contributed by atoms with Crippen LogP contribution in [0.15, 0.2) is 40.8 Å². The molecular weight excluding hydrogens is 454 g/mol. The Morgan fingerprint density at radius 1 is 1.26 bits per heavy atom. The number of nitrogens with zero attached hydrogens (tertiary/aromatic N) is 2. The van der Waals surface area contributed by atoms with Gasteiger partial charge < -0.3 is 19.2 Å². The maximum Gasteiger partial charge on any atom is 0.254 e. The zero-order valence-electron chi connectivity index (χ0n) is 19.2. The molecule has 1 fully saturated rings. The first-order chi connectivity index (χ1) is 16.7. The van der Waals surface area contributed by atoms with Crippen LogP contribution in [0, 0.1) is 0 Å². The summed E-state index contributed by atoms with van der Waals surface area (Å²) in [5, 5.41) is 11.8. The number of aliphatic hydroxyl groups is 1. The first-order valence-corrected chi connectivity index (χ1v) is 11.1. The molecule has 0 aliphatic carbocycles. The first-order valence-electron chi connectivity index (χ1n) is 11.1. The molecule has 4 heterocycles. The average molecular weight is 477 g/mol. The molecule has 3 amide bonds. The molecule has 3 aromatic rings. The van der Waals surface area contributed by atoms with Crippen LogP contribution in [0.3, 0.4) is 0 Å². The van der Waals surface area contributed by atoms with Crippen molar-refractivity contribution in [2.24, 2.45) is 0 Å². The van der Waals surface area contributed by atoms with E-state index in [0.717, 1.165) is 5.56 Å². The van der Waals surface area contributed by atoms with Gasteiger partial charge in [0.15, 0.2) is 11.4 Å². The zero-order chi connectivity index (χ0) is 24.9. The number of rotatable bonds is 7. The van der Waals surface area contributed by atoms with E-state index < -0.39 is 23.3 Å². The number of hydrogen-bond donors (Lipinski definition) is 2. The van der Waals surface area contributed by atoms with Crippen molar-refractivity contribution in [1.82, 2.24) is 15.2 Å². The Balaban J connectivity index is 1.49. The molecule has 0 saturated carbocycles. The smallest absolute Gasteiger partial charge is 0.254 e. The van der Waals surface area contributed by atoms with Gasteiger partial charge in [-0.2, -0.15) is 0 Å². The van der Waals surface area contributed by atoms with Crippen molar-refractivity contribution < 1.29 is 33.4 Å². The molecule has 0 radical (unpaired) electrons. The predicted octanol–water partition coefficient (Wildman–Crippen LogP) is 1.27. The lowest BCUT2D eigenvalue weighted by Gasteiger charge is -2.28. The average Bonchev–Trinajstić information content (AvgIpc) is 3.47. The fourth-order valence-corrected chi connectivity index (χ4v) is 4.60. The van der Waals surface area contributed by atoms with Crippen molar-refractivity contribution in [3.63, 3.8) is 0 Å². The molecule has 180 valence electrons. The highest BCUT2D eigenvalue weighted by Crippen LogP contribution is 2.39. The van der Waals surface area contributed by atoms with Gasteiger partial charge in [-0.1, -0.05) is 6.07 Å². The van der Waals surface area contributed by atoms with Gasteiger partial charge in [-0.25, -0.2) is 4.98 Å². The lowest BCUT2D eigenvalue weighted by molar-refractivity contribution is -0.127. The van der Waals surface area contributed by atoms with Crippen LogP contribution in [-0.4, -0.2) is 58.3 Å². The molecule has 2 aliphatic rings. The van der Waals surface area contributed by atoms with Gasteiger partial charge >= 0.3 is 0 Å². The summed E-state index contributed by atoms with van der Waals surface area (Å²) in [6.07, 6.45) is -1.34. The summed E-state index contributed by atoms with van der Waals surface area (Å²) in [7, 11) is 1.52. The normalized spacial score (nSPS) is 20.3. The Kier molecular flexibility index (Phi) is 5.40. The van der Waals surface area contributed by atoms with E-state index in [1.54, 1.807) is 36.4 Å². The van der Waals surface area contributed by atoms with Gasteiger partial charge in [-0.05, 0) is 36.8 Å². The number of ether oxygens (including phenoxy) is 1. The molecule has 2 aromatic heterocycles. The number of furan rings is 1. The SMILES string of the molecule is COc1ccc2c(c1)C(=O)N(C[C@@]1(c3cc4nc(CC(=O)[C@@H](C)O)ccc4o3)CC(=O)NC1=O)C2. The summed E-state index contributed by atoms with van der Waals surface area (Å²) >= 11 is 0. The summed E-state index contributed by atoms with van der Waals surface area (Å²) in [5.41, 5.74) is 1.09. The Labute approximate surface area is 199 Å². The lowest BCUT2D eigenvalue weighted by Crippen LogP contribution is -2.46. The molecule has 5 rings (SSSR count). The van der Waals surface area contributed by atoms with E-state index in [9.17, 15) is 24.3 Å². The number of ketones is 1. The maximum atomic E-state index is 13.1. The number of fused-ring (bicyclic) bond motifs is 2. The Morgan fingerprint density at radius 2 is 2.06 bits per heavy atom. The minimum absolute atomic E-state index is 0.0533. The van der Waals surface area contributed by atoms with Crippen LogP contribution in [0.1, 0.15) is 40.7 Å². The summed E-state index contributed by atoms with van der Waals surface area (Å²) in [5.74, 6) is -0.885. The summed E-state index contributed by atoms with van der Waals surface area (Å²) in [6.45, 7) is 1.61. The molecule has 10 nitrogen and oxygen atoms in total. The van der Waals surface area contributed by atoms with Gasteiger partial charge in [0.05, 0.1) is 20.0 Å². The zero-order valence-corrected chi connectivity index (χ0v) is 19.2. The molecular formula is C25H23N3O7. The number of aromatic nitrogens is 1. The van der Waals surface area contributed by atoms with E-state index in [1.807, 2.05) is 0 Å². The Morgan fingerprint density at radius 3 is 2.74 bits per heavy atom. The maximum absolute atomic E-state index is 13.1. The molecule has 10 heteroatoms. The lowest BCUT2D eigenvalue weighted by atomic mass is 9.82. The third-order valence-electron chi connectivity index (χ3n) is 6.53. The molecule has 0 bridgehead atoms. The molecule has 1 aromatic carbocycles. The number of nitrogens with one attached hydrogen (secondary N) is 1. The van der Waals surface area contributed by atoms with Gasteiger partial charge in [0.1, 0.15) is 28.5 Å². The predicted molar refractivity (Wildman–Crippen MR) is 122 cm³/mol. The van der Waals surface area contributed by atoms with Gasteiger partial charge in [0.2, 0.25) is 11.8 Å². The molecule has 0 unspecified atom stereocenters. The van der Waals surface area contributed by atoms with Crippen molar-refractivity contribution >= 4 is 34.6 Å². The fourth-order valence-electron chi connectivity index (χ4n) is 4.60. The van der Waals surface area contributed by atoms with Crippen LogP contribution in [-0.2, 0) is 32.8 Å². The van der Waals surface area contributed by atoms with Crippen LogP contribution < -0.4 is 10.1 Å². The fraction of sp³-hybridized carbons (Fsp3) is 0.320. The van der Waals surface area contributed by atoms with Crippen molar-refractivity contribution in [2.45, 2.75) is 37.8 Å². The van der Waals surface area contributed by atoms with Gasteiger partial charge in [0, 0.05) is 30.4 Å². The van der Waals surface area contributed by atoms with Crippen LogP contribution in [0.2, 0.25) is 0 Å². The number of hydrogen-bond acceptors (Lipinski definition) is 8. The number of methoxy groups -OCH3 is 1. The van der Waals surface area contributed by atoms with E-state index in [1.165, 1.54) is 18.9 Å². The molecule has 1 saturated heterocycles. The number of aliphatic hydroxyl groups excluding tert-OH is 1. The number of Topliss-reactive ketones (excluding diaryl/α,β-unsaturated/α-hetero) is 1. The highest BCUT2D eigenvalue weighted by molar-refractivity contribution is 6.10. The van der Waals surface area contributed by atoms with Crippen LogP contribution in [0.25, 0.3) is 11.1 Å². The topological polar surface area (TPSA) is 139 Å². The standard InChI is InChI=1S/C25H23N3O7/c1-13(29)19(30)7-15-4-6-20-18(26-15)9-21(35-20)25(10-22(31)27-24(25)33)12-28-11-14-3-5-16(34-2)8-17(14)23(28)32/h3-6,8-9,13,29H,7,10-12H2,1-2H3,(H,27,31,33)/t13-,25-/m1/s1. The van der Waals surface area contributed by atoms with E-state index >= 15 is 0 Å². The second-order valence-electron chi connectivity index (χ2n) is 8.94. The van der Waals surface area contributed by atoms with E-state index in [0.29, 0.717) is 28.1 Å². The molecule has 2 atom stereocenters. The highest BCUT2D eigenvalue weighted by atomic mass is 16.5.